The van der Waals surface area contributed by atoms with Gasteiger partial charge in [0.05, 0.1) is 20.8 Å². The Bertz CT molecular complexity index is 926. The van der Waals surface area contributed by atoms with Crippen LogP contribution in [-0.4, -0.2) is 49.2 Å². The Kier molecular flexibility index (Phi) is 6.19. The Morgan fingerprint density at radius 3 is 2.65 bits per heavy atom. The van der Waals surface area contributed by atoms with Gasteiger partial charge in [0.25, 0.3) is 5.91 Å². The standard InChI is InChI=1S/C19H20ClN3OS2/c1-22(2)10-11-23(18(24)14-6-4-5-7-15(14)20)19-21-16-9-8-13(25-3)12-17(16)26-19/h4-9,12H,10-11H2,1-3H3. The summed E-state index contributed by atoms with van der Waals surface area (Å²) in [6.07, 6.45) is 2.05. The molecule has 0 radical (unpaired) electrons. The molecule has 3 aromatic rings. The highest BCUT2D eigenvalue weighted by molar-refractivity contribution is 7.98. The van der Waals surface area contributed by atoms with Crippen molar-refractivity contribution in [2.24, 2.45) is 0 Å². The van der Waals surface area contributed by atoms with E-state index in [1.54, 1.807) is 28.8 Å². The minimum Gasteiger partial charge on any atom is -0.308 e. The fourth-order valence-electron chi connectivity index (χ4n) is 2.50. The molecule has 0 saturated carbocycles. The Morgan fingerprint density at radius 2 is 1.96 bits per heavy atom. The number of aromatic nitrogens is 1. The summed E-state index contributed by atoms with van der Waals surface area (Å²) < 4.78 is 1.08. The second-order valence-electron chi connectivity index (χ2n) is 6.07. The summed E-state index contributed by atoms with van der Waals surface area (Å²) in [5, 5.41) is 1.16. The molecule has 1 amide bonds. The summed E-state index contributed by atoms with van der Waals surface area (Å²) in [5.74, 6) is -0.124. The van der Waals surface area contributed by atoms with E-state index in [1.807, 2.05) is 43.5 Å². The van der Waals surface area contributed by atoms with Crippen LogP contribution < -0.4 is 4.90 Å². The van der Waals surface area contributed by atoms with Crippen LogP contribution in [-0.2, 0) is 0 Å². The molecule has 0 atom stereocenters. The zero-order valence-electron chi connectivity index (χ0n) is 14.9. The van der Waals surface area contributed by atoms with Crippen molar-refractivity contribution < 1.29 is 4.79 Å². The first kappa shape index (κ1) is 19.2. The molecule has 136 valence electrons. The highest BCUT2D eigenvalue weighted by atomic mass is 35.5. The molecule has 1 heterocycles. The van der Waals surface area contributed by atoms with Crippen molar-refractivity contribution in [3.8, 4) is 0 Å². The summed E-state index contributed by atoms with van der Waals surface area (Å²) in [7, 11) is 3.97. The second-order valence-corrected chi connectivity index (χ2v) is 8.37. The number of rotatable bonds is 6. The van der Waals surface area contributed by atoms with Gasteiger partial charge in [-0.2, -0.15) is 0 Å². The zero-order valence-corrected chi connectivity index (χ0v) is 17.3. The predicted molar refractivity (Wildman–Crippen MR) is 113 cm³/mol. The molecular formula is C19H20ClN3OS2. The number of nitrogens with zero attached hydrogens (tertiary/aromatic N) is 3. The molecule has 0 saturated heterocycles. The lowest BCUT2D eigenvalue weighted by Gasteiger charge is -2.22. The van der Waals surface area contributed by atoms with Crippen LogP contribution in [0.25, 0.3) is 10.2 Å². The van der Waals surface area contributed by atoms with Crippen LogP contribution in [0.4, 0.5) is 5.13 Å². The topological polar surface area (TPSA) is 36.4 Å². The number of likely N-dealkylation sites (N-methyl/N-ethyl adjacent to an activating group) is 1. The first-order valence-electron chi connectivity index (χ1n) is 8.15. The molecule has 3 rings (SSSR count). The molecule has 0 aliphatic rings. The van der Waals surface area contributed by atoms with E-state index >= 15 is 0 Å². The highest BCUT2D eigenvalue weighted by Crippen LogP contribution is 2.32. The average Bonchev–Trinajstić information content (AvgIpc) is 3.04. The highest BCUT2D eigenvalue weighted by Gasteiger charge is 2.23. The van der Waals surface area contributed by atoms with Crippen LogP contribution in [0.2, 0.25) is 5.02 Å². The van der Waals surface area contributed by atoms with E-state index in [4.69, 9.17) is 16.6 Å². The molecule has 0 N–H and O–H groups in total. The molecule has 7 heteroatoms. The van der Waals surface area contributed by atoms with E-state index in [9.17, 15) is 4.79 Å². The third-order valence-corrected chi connectivity index (χ3v) is 6.03. The third-order valence-electron chi connectivity index (χ3n) is 3.94. The summed E-state index contributed by atoms with van der Waals surface area (Å²) in [4.78, 5) is 22.8. The molecule has 0 fully saturated rings. The molecule has 2 aromatic carbocycles. The summed E-state index contributed by atoms with van der Waals surface area (Å²) in [6.45, 7) is 1.29. The van der Waals surface area contributed by atoms with Crippen molar-refractivity contribution in [2.45, 2.75) is 4.90 Å². The maximum absolute atomic E-state index is 13.2. The number of hydrogen-bond donors (Lipinski definition) is 0. The van der Waals surface area contributed by atoms with Crippen LogP contribution >= 0.6 is 34.7 Å². The van der Waals surface area contributed by atoms with Gasteiger partial charge in [0.2, 0.25) is 0 Å². The lowest BCUT2D eigenvalue weighted by Crippen LogP contribution is -2.36. The van der Waals surface area contributed by atoms with E-state index in [2.05, 4.69) is 12.1 Å². The normalized spacial score (nSPS) is 11.3. The number of halogens is 1. The number of benzene rings is 2. The van der Waals surface area contributed by atoms with Gasteiger partial charge < -0.3 is 4.90 Å². The van der Waals surface area contributed by atoms with Gasteiger partial charge in [0.1, 0.15) is 0 Å². The maximum Gasteiger partial charge on any atom is 0.261 e. The van der Waals surface area contributed by atoms with Gasteiger partial charge in [-0.1, -0.05) is 35.1 Å². The van der Waals surface area contributed by atoms with E-state index in [0.29, 0.717) is 22.3 Å². The molecule has 0 spiro atoms. The van der Waals surface area contributed by atoms with Crippen molar-refractivity contribution in [3.05, 3.63) is 53.1 Å². The Labute approximate surface area is 166 Å². The number of hydrogen-bond acceptors (Lipinski definition) is 5. The first-order chi connectivity index (χ1) is 12.5. The molecule has 26 heavy (non-hydrogen) atoms. The van der Waals surface area contributed by atoms with E-state index < -0.39 is 0 Å². The summed E-state index contributed by atoms with van der Waals surface area (Å²) in [5.41, 5.74) is 1.40. The van der Waals surface area contributed by atoms with Gasteiger partial charge in [0, 0.05) is 18.0 Å². The Morgan fingerprint density at radius 1 is 1.19 bits per heavy atom. The quantitative estimate of drug-likeness (QED) is 0.547. The predicted octanol–water partition coefficient (Wildman–Crippen LogP) is 4.88. The lowest BCUT2D eigenvalue weighted by molar-refractivity contribution is 0.0985. The number of thiazole rings is 1. The van der Waals surface area contributed by atoms with E-state index in [1.165, 1.54) is 16.2 Å². The molecule has 0 unspecified atom stereocenters. The summed E-state index contributed by atoms with van der Waals surface area (Å²) in [6, 6.07) is 13.3. The molecule has 0 bridgehead atoms. The smallest absolute Gasteiger partial charge is 0.261 e. The van der Waals surface area contributed by atoms with Crippen LogP contribution in [0.3, 0.4) is 0 Å². The first-order valence-corrected chi connectivity index (χ1v) is 10.6. The van der Waals surface area contributed by atoms with Gasteiger partial charge in [-0.25, -0.2) is 4.98 Å². The number of carbonyl (C=O) groups excluding carboxylic acids is 1. The number of fused-ring (bicyclic) bond motifs is 1. The molecular weight excluding hydrogens is 386 g/mol. The Hall–Kier alpha value is -1.60. The van der Waals surface area contributed by atoms with Gasteiger partial charge in [0.15, 0.2) is 5.13 Å². The Balaban J connectivity index is 2.00. The fourth-order valence-corrected chi connectivity index (χ4v) is 4.26. The fraction of sp³-hybridized carbons (Fsp3) is 0.263. The van der Waals surface area contributed by atoms with Crippen LogP contribution in [0.15, 0.2) is 47.4 Å². The number of thioether (sulfide) groups is 1. The minimum absolute atomic E-state index is 0.124. The minimum atomic E-state index is -0.124. The van der Waals surface area contributed by atoms with Crippen molar-refractivity contribution in [1.29, 1.82) is 0 Å². The monoisotopic (exact) mass is 405 g/mol. The molecule has 4 nitrogen and oxygen atoms in total. The zero-order chi connectivity index (χ0) is 18.7. The summed E-state index contributed by atoms with van der Waals surface area (Å²) >= 11 is 9.48. The van der Waals surface area contributed by atoms with Gasteiger partial charge >= 0.3 is 0 Å². The molecule has 0 aliphatic heterocycles. The lowest BCUT2D eigenvalue weighted by atomic mass is 10.2. The van der Waals surface area contributed by atoms with Crippen LogP contribution in [0.1, 0.15) is 10.4 Å². The SMILES string of the molecule is CSc1ccc2nc(N(CCN(C)C)C(=O)c3ccccc3Cl)sc2c1. The maximum atomic E-state index is 13.2. The second kappa shape index (κ2) is 8.39. The number of amides is 1. The van der Waals surface area contributed by atoms with Crippen molar-refractivity contribution in [1.82, 2.24) is 9.88 Å². The third kappa shape index (κ3) is 4.20. The average molecular weight is 406 g/mol. The molecule has 0 aliphatic carbocycles. The number of carbonyl (C=O) groups is 1. The largest absolute Gasteiger partial charge is 0.308 e. The van der Waals surface area contributed by atoms with Crippen molar-refractivity contribution in [2.75, 3.05) is 38.3 Å². The van der Waals surface area contributed by atoms with Gasteiger partial charge in [-0.3, -0.25) is 9.69 Å². The van der Waals surface area contributed by atoms with Gasteiger partial charge in [-0.05, 0) is 50.7 Å². The number of anilines is 1. The van der Waals surface area contributed by atoms with Crippen LogP contribution in [0.5, 0.6) is 0 Å². The van der Waals surface area contributed by atoms with Gasteiger partial charge in [-0.15, -0.1) is 11.8 Å². The van der Waals surface area contributed by atoms with Crippen LogP contribution in [0, 0.1) is 0 Å². The molecule has 1 aromatic heterocycles. The van der Waals surface area contributed by atoms with Crippen molar-refractivity contribution >= 4 is 56.0 Å². The van der Waals surface area contributed by atoms with Crippen molar-refractivity contribution in [3.63, 3.8) is 0 Å². The van der Waals surface area contributed by atoms with E-state index in [-0.39, 0.29) is 5.91 Å². The van der Waals surface area contributed by atoms with E-state index in [0.717, 1.165) is 16.8 Å².